The number of carbonyl (C=O) groups excluding carboxylic acids is 2. The van der Waals surface area contributed by atoms with Crippen molar-refractivity contribution in [2.75, 3.05) is 26.4 Å². The van der Waals surface area contributed by atoms with Crippen molar-refractivity contribution in [3.8, 4) is 0 Å². The quantitative estimate of drug-likeness (QED) is 0.0470. The minimum Gasteiger partial charge on any atom is -0.394 e. The van der Waals surface area contributed by atoms with Gasteiger partial charge >= 0.3 is 0 Å². The Morgan fingerprint density at radius 2 is 1.51 bits per heavy atom. The normalized spacial score (nSPS) is 47.8. The summed E-state index contributed by atoms with van der Waals surface area (Å²) in [5, 5.41) is 125. The topological polar surface area (TPSA) is 345 Å². The molecule has 4 saturated heterocycles. The van der Waals surface area contributed by atoms with Crippen molar-refractivity contribution in [2.24, 2.45) is 0 Å². The summed E-state index contributed by atoms with van der Waals surface area (Å²) in [6.45, 7) is 4.18. The zero-order valence-electron chi connectivity index (χ0n) is 29.2. The molecule has 4 heterocycles. The molecule has 0 bridgehead atoms. The molecule has 4 aliphatic heterocycles. The Labute approximate surface area is 303 Å². The Morgan fingerprint density at radius 3 is 2.09 bits per heavy atom. The molecule has 0 aliphatic carbocycles. The molecule has 0 unspecified atom stereocenters. The summed E-state index contributed by atoms with van der Waals surface area (Å²) in [5.74, 6) is -1.61. The molecule has 4 fully saturated rings. The molecule has 306 valence electrons. The van der Waals surface area contributed by atoms with Crippen molar-refractivity contribution in [1.29, 1.82) is 0 Å². The summed E-state index contributed by atoms with van der Waals surface area (Å²) in [6, 6.07) is 0. The SMILES string of the molecule is C=CC(=O)NCCO[C@@H]1O[C@H](CO)[C@](O)([C@@H]2O[C@@H](C)[C@@H](O)[C@@H](O)[C@@H]2O)[C@H](O[C@@H]2O[C@H](CO)[C@H](O)[C@H](O)[C@H]2O[C@H]2C[C@H](O)[C@H](O)[C@H](C)O2)[C@]1(O)NC(C)=O. The fraction of sp³-hybridized carbons (Fsp3) is 0.871. The number of rotatable bonds is 13. The van der Waals surface area contributed by atoms with Gasteiger partial charge < -0.3 is 100.0 Å². The molecule has 22 nitrogen and oxygen atoms in total. The number of nitrogens with one attached hydrogen (secondary N) is 2. The Hall–Kier alpha value is -2.04. The van der Waals surface area contributed by atoms with Gasteiger partial charge in [0, 0.05) is 19.9 Å². The second-order valence-electron chi connectivity index (χ2n) is 13.5. The summed E-state index contributed by atoms with van der Waals surface area (Å²) in [7, 11) is 0. The zero-order valence-corrected chi connectivity index (χ0v) is 29.2. The fourth-order valence-electron chi connectivity index (χ4n) is 6.89. The third-order valence-electron chi connectivity index (χ3n) is 9.77. The summed E-state index contributed by atoms with van der Waals surface area (Å²) < 4.78 is 40.6. The monoisotopic (exact) mass is 772 g/mol. The summed E-state index contributed by atoms with van der Waals surface area (Å²) in [5.41, 5.74) is -6.20. The molecule has 22 heteroatoms. The maximum Gasteiger partial charge on any atom is 0.243 e. The van der Waals surface area contributed by atoms with Crippen LogP contribution < -0.4 is 10.6 Å². The molecular formula is C31H52N2O20. The van der Waals surface area contributed by atoms with Crippen molar-refractivity contribution in [3.05, 3.63) is 12.7 Å². The van der Waals surface area contributed by atoms with Crippen LogP contribution in [0.25, 0.3) is 0 Å². The van der Waals surface area contributed by atoms with Crippen LogP contribution in [0.1, 0.15) is 27.2 Å². The van der Waals surface area contributed by atoms with Crippen molar-refractivity contribution in [3.63, 3.8) is 0 Å². The number of carbonyl (C=O) groups is 2. The molecule has 0 aromatic rings. The lowest BCUT2D eigenvalue weighted by Crippen LogP contribution is -2.84. The maximum absolute atomic E-state index is 12.7. The lowest BCUT2D eigenvalue weighted by molar-refractivity contribution is -0.434. The van der Waals surface area contributed by atoms with E-state index in [2.05, 4.69) is 17.2 Å². The van der Waals surface area contributed by atoms with Crippen LogP contribution in [0.3, 0.4) is 0 Å². The molecule has 0 aromatic heterocycles. The molecular weight excluding hydrogens is 720 g/mol. The maximum atomic E-state index is 12.7. The van der Waals surface area contributed by atoms with Gasteiger partial charge in [0.25, 0.3) is 0 Å². The highest BCUT2D eigenvalue weighted by Gasteiger charge is 2.71. The Bertz CT molecular complexity index is 1240. The van der Waals surface area contributed by atoms with Gasteiger partial charge in [-0.15, -0.1) is 0 Å². The summed E-state index contributed by atoms with van der Waals surface area (Å²) >= 11 is 0. The molecule has 0 aromatic carbocycles. The van der Waals surface area contributed by atoms with E-state index in [1.165, 1.54) is 13.8 Å². The van der Waals surface area contributed by atoms with Crippen molar-refractivity contribution in [1.82, 2.24) is 10.6 Å². The first-order chi connectivity index (χ1) is 24.8. The number of amides is 2. The van der Waals surface area contributed by atoms with E-state index in [-0.39, 0.29) is 13.0 Å². The number of hydrogen-bond acceptors (Lipinski definition) is 20. The number of ether oxygens (including phenoxy) is 7. The van der Waals surface area contributed by atoms with Gasteiger partial charge in [-0.1, -0.05) is 6.58 Å². The highest BCUT2D eigenvalue weighted by Crippen LogP contribution is 2.45. The van der Waals surface area contributed by atoms with Crippen LogP contribution >= 0.6 is 0 Å². The molecule has 4 aliphatic rings. The molecule has 0 saturated carbocycles. The predicted molar refractivity (Wildman–Crippen MR) is 169 cm³/mol. The van der Waals surface area contributed by atoms with E-state index in [0.717, 1.165) is 13.0 Å². The van der Waals surface area contributed by atoms with E-state index in [1.54, 1.807) is 0 Å². The molecule has 0 spiro atoms. The van der Waals surface area contributed by atoms with Gasteiger partial charge in [-0.3, -0.25) is 9.59 Å². The third-order valence-corrected chi connectivity index (χ3v) is 9.77. The number of hydrogen-bond donors (Lipinski definition) is 13. The van der Waals surface area contributed by atoms with Gasteiger partial charge in [0.15, 0.2) is 18.2 Å². The predicted octanol–water partition coefficient (Wildman–Crippen LogP) is -7.49. The first kappa shape index (κ1) is 43.7. The lowest BCUT2D eigenvalue weighted by Gasteiger charge is -2.59. The van der Waals surface area contributed by atoms with E-state index in [4.69, 9.17) is 33.2 Å². The van der Waals surface area contributed by atoms with Gasteiger partial charge in [-0.25, -0.2) is 0 Å². The van der Waals surface area contributed by atoms with E-state index in [9.17, 15) is 65.8 Å². The van der Waals surface area contributed by atoms with Crippen LogP contribution in [0.5, 0.6) is 0 Å². The Morgan fingerprint density at radius 1 is 0.849 bits per heavy atom. The standard InChI is InChI=1S/C31H52N2O20/c1-5-17(38)32-6-7-47-29-31(46,33-13(4)36)28(30(45,16(10-35)51-29)26-24(44)22(42)20(40)12(3)49-26)53-27-25(23(43)21(41)15(9-34)50-27)52-18-8-14(37)19(39)11(2)48-18/h5,11-12,14-16,18-29,34-35,37,39-46H,1,6-10H2,2-4H3,(H,32,38)(H,33,36)/t11-,12-,14-,15+,16+,18-,19+,20+,21-,22+,23-,24-,25+,26+,27-,28-,29+,30-,31+/m0/s1. The van der Waals surface area contributed by atoms with Crippen LogP contribution in [-0.4, -0.2) is 210 Å². The second-order valence-corrected chi connectivity index (χ2v) is 13.5. The van der Waals surface area contributed by atoms with Gasteiger partial charge in [0.05, 0.1) is 38.1 Å². The molecule has 19 atom stereocenters. The lowest BCUT2D eigenvalue weighted by atomic mass is 9.72. The Kier molecular flexibility index (Phi) is 14.7. The van der Waals surface area contributed by atoms with Crippen LogP contribution in [-0.2, 0) is 42.7 Å². The molecule has 53 heavy (non-hydrogen) atoms. The molecule has 4 rings (SSSR count). The minimum atomic E-state index is -3.11. The van der Waals surface area contributed by atoms with E-state index in [1.807, 2.05) is 0 Å². The van der Waals surface area contributed by atoms with Crippen molar-refractivity contribution >= 4 is 11.8 Å². The third kappa shape index (κ3) is 8.85. The fourth-order valence-corrected chi connectivity index (χ4v) is 6.89. The van der Waals surface area contributed by atoms with Gasteiger partial charge in [0.2, 0.25) is 23.8 Å². The average Bonchev–Trinajstić information content (AvgIpc) is 3.11. The summed E-state index contributed by atoms with van der Waals surface area (Å²) in [6.07, 6.45) is -29.9. The first-order valence-corrected chi connectivity index (χ1v) is 17.0. The van der Waals surface area contributed by atoms with E-state index >= 15 is 0 Å². The van der Waals surface area contributed by atoms with Crippen LogP contribution in [0.15, 0.2) is 12.7 Å². The first-order valence-electron chi connectivity index (χ1n) is 17.0. The number of aliphatic hydroxyl groups excluding tert-OH is 9. The average molecular weight is 773 g/mol. The Balaban J connectivity index is 1.84. The summed E-state index contributed by atoms with van der Waals surface area (Å²) in [4.78, 5) is 24.4. The minimum absolute atomic E-state index is 0.225. The smallest absolute Gasteiger partial charge is 0.243 e. The van der Waals surface area contributed by atoms with Crippen LogP contribution in [0.2, 0.25) is 0 Å². The molecule has 13 N–H and O–H groups in total. The largest absolute Gasteiger partial charge is 0.394 e. The molecule has 0 radical (unpaired) electrons. The zero-order chi connectivity index (χ0) is 39.6. The van der Waals surface area contributed by atoms with Gasteiger partial charge in [0.1, 0.15) is 67.1 Å². The van der Waals surface area contributed by atoms with Crippen LogP contribution in [0.4, 0.5) is 0 Å². The van der Waals surface area contributed by atoms with Crippen LogP contribution in [0, 0.1) is 0 Å². The van der Waals surface area contributed by atoms with Crippen molar-refractivity contribution < 1.29 is 98.9 Å². The highest BCUT2D eigenvalue weighted by atomic mass is 16.8. The van der Waals surface area contributed by atoms with E-state index < -0.39 is 147 Å². The van der Waals surface area contributed by atoms with Crippen molar-refractivity contribution in [2.45, 2.75) is 143 Å². The molecule has 2 amide bonds. The number of aliphatic hydroxyl groups is 11. The van der Waals surface area contributed by atoms with Gasteiger partial charge in [-0.05, 0) is 19.9 Å². The second kappa shape index (κ2) is 17.8. The highest BCUT2D eigenvalue weighted by molar-refractivity contribution is 5.86. The van der Waals surface area contributed by atoms with E-state index in [0.29, 0.717) is 0 Å². The van der Waals surface area contributed by atoms with Gasteiger partial charge in [-0.2, -0.15) is 0 Å².